The van der Waals surface area contributed by atoms with Gasteiger partial charge in [-0.15, -0.1) is 0 Å². The quantitative estimate of drug-likeness (QED) is 0.268. The molecule has 0 spiro atoms. The van der Waals surface area contributed by atoms with Gasteiger partial charge in [0.2, 0.25) is 0 Å². The second-order valence-corrected chi connectivity index (χ2v) is 17.7. The molecule has 4 aliphatic carbocycles. The summed E-state index contributed by atoms with van der Waals surface area (Å²) in [6, 6.07) is 6.65. The third-order valence-corrected chi connectivity index (χ3v) is 15.0. The minimum Gasteiger partial charge on any atom is -0.459 e. The number of carbonyl (C=O) groups is 2. The van der Waals surface area contributed by atoms with E-state index in [1.807, 2.05) is 6.92 Å². The van der Waals surface area contributed by atoms with Crippen LogP contribution in [-0.4, -0.2) is 49.4 Å². The fourth-order valence-corrected chi connectivity index (χ4v) is 12.5. The number of rotatable bonds is 10. The maximum Gasteiger partial charge on any atom is 0.303 e. The van der Waals surface area contributed by atoms with Gasteiger partial charge in [0.15, 0.2) is 9.84 Å². The Bertz CT molecular complexity index is 1340. The molecule has 1 N–H and O–H groups in total. The molecule has 0 aromatic heterocycles. The minimum absolute atomic E-state index is 0.0753. The van der Waals surface area contributed by atoms with Crippen LogP contribution in [0.1, 0.15) is 104 Å². The standard InChI is InChI=1S/C37H55FO6S/c1-7-27-33-34(38)31(44-24(4)39)18-20-37(33,6)30-17-19-36(5)28(15-16-29(36)32(30)35(27)41)23(3)9-8-10-25(40)21-45(42,43)26-13-11-22(2)12-14-26/h11-14,23,27-35,41H,7-10,15-21H2,1-6H3/t23-,27-,28?,29?,30?,31-,32?,33-,34+,35?,36-,37-/m1/s1. The van der Waals surface area contributed by atoms with Gasteiger partial charge >= 0.3 is 5.97 Å². The van der Waals surface area contributed by atoms with Crippen LogP contribution in [0, 0.1) is 59.2 Å². The highest BCUT2D eigenvalue weighted by Gasteiger charge is 2.67. The lowest BCUT2D eigenvalue weighted by molar-refractivity contribution is -0.226. The number of aliphatic hydroxyl groups is 1. The van der Waals surface area contributed by atoms with Crippen LogP contribution in [0.5, 0.6) is 0 Å². The number of carbonyl (C=O) groups excluding carboxylic acids is 2. The Morgan fingerprint density at radius 3 is 2.33 bits per heavy atom. The number of aryl methyl sites for hydroxylation is 1. The lowest BCUT2D eigenvalue weighted by Crippen LogP contribution is -2.65. The SMILES string of the molecule is CC[C@H]1C(O)C2C3CCC([C@H](C)CCCC(=O)CS(=O)(=O)c4ccc(C)cc4)[C@@]3(C)CCC2[C@@]2(C)CC[C@@H](OC(C)=O)[C@H](F)[C@@H]12. The summed E-state index contributed by atoms with van der Waals surface area (Å²) in [6.45, 7) is 12.3. The number of fused-ring (bicyclic) bond motifs is 5. The number of ether oxygens (including phenoxy) is 1. The first kappa shape index (κ1) is 34.5. The van der Waals surface area contributed by atoms with E-state index in [1.165, 1.54) is 6.92 Å². The molecule has 1 aromatic carbocycles. The molecule has 6 nitrogen and oxygen atoms in total. The Morgan fingerprint density at radius 2 is 1.69 bits per heavy atom. The zero-order chi connectivity index (χ0) is 32.9. The summed E-state index contributed by atoms with van der Waals surface area (Å²) >= 11 is 0. The van der Waals surface area contributed by atoms with Gasteiger partial charge in [-0.1, -0.05) is 58.2 Å². The highest BCUT2D eigenvalue weighted by atomic mass is 32.2. The van der Waals surface area contributed by atoms with Crippen molar-refractivity contribution in [2.75, 3.05) is 5.75 Å². The van der Waals surface area contributed by atoms with Crippen molar-refractivity contribution >= 4 is 21.6 Å². The highest BCUT2D eigenvalue weighted by Crippen LogP contribution is 2.70. The van der Waals surface area contributed by atoms with Crippen LogP contribution in [-0.2, 0) is 24.2 Å². The molecule has 1 aromatic rings. The molecule has 252 valence electrons. The van der Waals surface area contributed by atoms with E-state index in [1.54, 1.807) is 24.3 Å². The third kappa shape index (κ3) is 6.28. The Hall–Kier alpha value is -1.80. The van der Waals surface area contributed by atoms with Crippen molar-refractivity contribution in [2.45, 2.75) is 129 Å². The van der Waals surface area contributed by atoms with Gasteiger partial charge in [0.25, 0.3) is 0 Å². The molecule has 0 amide bonds. The van der Waals surface area contributed by atoms with E-state index in [0.29, 0.717) is 37.0 Å². The van der Waals surface area contributed by atoms with Crippen LogP contribution in [0.15, 0.2) is 29.2 Å². The van der Waals surface area contributed by atoms with E-state index < -0.39 is 39.9 Å². The molecule has 0 aliphatic heterocycles. The Balaban J connectivity index is 1.24. The first-order chi connectivity index (χ1) is 21.1. The van der Waals surface area contributed by atoms with Crippen LogP contribution in [0.4, 0.5) is 4.39 Å². The molecular formula is C37H55FO6S. The average Bonchev–Trinajstić information content (AvgIpc) is 3.32. The minimum atomic E-state index is -3.64. The molecule has 4 aliphatic rings. The Kier molecular flexibility index (Phi) is 9.98. The lowest BCUT2D eigenvalue weighted by Gasteiger charge is -2.65. The number of benzene rings is 1. The number of ketones is 1. The summed E-state index contributed by atoms with van der Waals surface area (Å²) in [5.74, 6) is 0.0205. The number of sulfone groups is 1. The highest BCUT2D eigenvalue weighted by molar-refractivity contribution is 7.92. The molecule has 5 rings (SSSR count). The molecule has 8 heteroatoms. The van der Waals surface area contributed by atoms with Crippen molar-refractivity contribution < 1.29 is 32.2 Å². The van der Waals surface area contributed by atoms with Crippen molar-refractivity contribution in [3.63, 3.8) is 0 Å². The van der Waals surface area contributed by atoms with Gasteiger partial charge in [-0.3, -0.25) is 9.59 Å². The zero-order valence-corrected chi connectivity index (χ0v) is 29.0. The number of aliphatic hydroxyl groups excluding tert-OH is 1. The summed E-state index contributed by atoms with van der Waals surface area (Å²) in [5.41, 5.74) is 0.820. The second-order valence-electron chi connectivity index (χ2n) is 15.7. The summed E-state index contributed by atoms with van der Waals surface area (Å²) in [6.07, 6.45) is 5.50. The molecule has 4 saturated carbocycles. The predicted octanol–water partition coefficient (Wildman–Crippen LogP) is 7.29. The molecule has 0 bridgehead atoms. The normalized spacial score (nSPS) is 40.1. The van der Waals surface area contributed by atoms with E-state index in [-0.39, 0.29) is 51.6 Å². The van der Waals surface area contributed by atoms with Crippen LogP contribution in [0.3, 0.4) is 0 Å². The summed E-state index contributed by atoms with van der Waals surface area (Å²) in [4.78, 5) is 24.7. The van der Waals surface area contributed by atoms with Crippen molar-refractivity contribution in [2.24, 2.45) is 52.3 Å². The van der Waals surface area contributed by atoms with Crippen LogP contribution < -0.4 is 0 Å². The summed E-state index contributed by atoms with van der Waals surface area (Å²) < 4.78 is 47.1. The maximum absolute atomic E-state index is 16.2. The van der Waals surface area contributed by atoms with Gasteiger partial charge in [0.05, 0.1) is 11.0 Å². The molecule has 0 heterocycles. The van der Waals surface area contributed by atoms with E-state index in [0.717, 1.165) is 44.1 Å². The number of hydrogen-bond acceptors (Lipinski definition) is 6. The number of esters is 1. The predicted molar refractivity (Wildman–Crippen MR) is 173 cm³/mol. The monoisotopic (exact) mass is 646 g/mol. The molecule has 0 saturated heterocycles. The molecular weight excluding hydrogens is 591 g/mol. The summed E-state index contributed by atoms with van der Waals surface area (Å²) in [7, 11) is -3.64. The van der Waals surface area contributed by atoms with E-state index >= 15 is 4.39 Å². The maximum atomic E-state index is 16.2. The largest absolute Gasteiger partial charge is 0.459 e. The van der Waals surface area contributed by atoms with Crippen molar-refractivity contribution in [1.82, 2.24) is 0 Å². The Labute approximate surface area is 270 Å². The number of alkyl halides is 1. The molecule has 4 fully saturated rings. The topological polar surface area (TPSA) is 97.7 Å². The van der Waals surface area contributed by atoms with Gasteiger partial charge < -0.3 is 9.84 Å². The first-order valence-electron chi connectivity index (χ1n) is 17.4. The average molecular weight is 647 g/mol. The van der Waals surface area contributed by atoms with Gasteiger partial charge in [-0.05, 0) is 110 Å². The van der Waals surface area contributed by atoms with E-state index in [4.69, 9.17) is 4.74 Å². The summed E-state index contributed by atoms with van der Waals surface area (Å²) in [5, 5.41) is 12.0. The number of Topliss-reactive ketones (excluding diaryl/α,β-unsaturated/α-hetero) is 1. The zero-order valence-electron chi connectivity index (χ0n) is 28.1. The first-order valence-corrected chi connectivity index (χ1v) is 19.1. The van der Waals surface area contributed by atoms with Gasteiger partial charge in [-0.25, -0.2) is 12.8 Å². The molecule has 0 radical (unpaired) electrons. The van der Waals surface area contributed by atoms with Crippen molar-refractivity contribution in [1.29, 1.82) is 0 Å². The third-order valence-electron chi connectivity index (χ3n) is 13.3. The van der Waals surface area contributed by atoms with Gasteiger partial charge in [0, 0.05) is 19.3 Å². The van der Waals surface area contributed by atoms with Crippen molar-refractivity contribution in [3.8, 4) is 0 Å². The second kappa shape index (κ2) is 13.0. The van der Waals surface area contributed by atoms with Crippen LogP contribution in [0.2, 0.25) is 0 Å². The van der Waals surface area contributed by atoms with E-state index in [2.05, 4.69) is 27.7 Å². The van der Waals surface area contributed by atoms with Gasteiger partial charge in [-0.2, -0.15) is 0 Å². The molecule has 45 heavy (non-hydrogen) atoms. The fourth-order valence-electron chi connectivity index (χ4n) is 11.2. The van der Waals surface area contributed by atoms with E-state index in [9.17, 15) is 23.1 Å². The van der Waals surface area contributed by atoms with Crippen LogP contribution >= 0.6 is 0 Å². The Morgan fingerprint density at radius 1 is 1.04 bits per heavy atom. The smallest absolute Gasteiger partial charge is 0.303 e. The number of hydrogen-bond donors (Lipinski definition) is 1. The number of halogens is 1. The lowest BCUT2D eigenvalue weighted by atomic mass is 9.41. The van der Waals surface area contributed by atoms with Crippen molar-refractivity contribution in [3.05, 3.63) is 29.8 Å². The fraction of sp³-hybridized carbons (Fsp3) is 0.784. The molecule has 5 unspecified atom stereocenters. The van der Waals surface area contributed by atoms with Crippen LogP contribution in [0.25, 0.3) is 0 Å². The van der Waals surface area contributed by atoms with Gasteiger partial charge in [0.1, 0.15) is 23.8 Å². The molecule has 12 atom stereocenters.